The first kappa shape index (κ1) is 10.6. The first-order valence-corrected chi connectivity index (χ1v) is 4.93. The Labute approximate surface area is 92.9 Å². The number of rotatable bonds is 2. The Morgan fingerprint density at radius 2 is 1.12 bits per heavy atom. The molecular weight excluding hydrogens is 206 g/mol. The van der Waals surface area contributed by atoms with Crippen molar-refractivity contribution in [1.29, 1.82) is 0 Å². The van der Waals surface area contributed by atoms with Crippen LogP contribution in [0, 0.1) is 11.6 Å². The molecule has 0 aliphatic rings. The molecule has 0 spiro atoms. The van der Waals surface area contributed by atoms with Crippen molar-refractivity contribution in [3.63, 3.8) is 0 Å². The molecule has 0 aliphatic heterocycles. The summed E-state index contributed by atoms with van der Waals surface area (Å²) in [5, 5.41) is 0. The van der Waals surface area contributed by atoms with Gasteiger partial charge in [0, 0.05) is 0 Å². The highest BCUT2D eigenvalue weighted by molar-refractivity contribution is 5.69. The smallest absolute Gasteiger partial charge is 0.123 e. The molecule has 2 heteroatoms. The molecule has 0 saturated heterocycles. The molecule has 0 radical (unpaired) electrons. The predicted octanol–water partition coefficient (Wildman–Crippen LogP) is 4.14. The zero-order valence-electron chi connectivity index (χ0n) is 8.53. The molecule has 2 rings (SSSR count). The number of hydrogen-bond donors (Lipinski definition) is 0. The summed E-state index contributed by atoms with van der Waals surface area (Å²) in [5.41, 5.74) is 1.51. The summed E-state index contributed by atoms with van der Waals surface area (Å²) < 4.78 is 25.7. The van der Waals surface area contributed by atoms with Gasteiger partial charge in [-0.05, 0) is 35.4 Å². The Morgan fingerprint density at radius 1 is 0.688 bits per heavy atom. The molecule has 0 heterocycles. The highest BCUT2D eigenvalue weighted by Crippen LogP contribution is 2.10. The lowest BCUT2D eigenvalue weighted by atomic mass is 10.1. The second-order valence-corrected chi connectivity index (χ2v) is 3.44. The summed E-state index contributed by atoms with van der Waals surface area (Å²) in [6, 6.07) is 12.5. The van der Waals surface area contributed by atoms with Crippen LogP contribution in [-0.4, -0.2) is 0 Å². The minimum atomic E-state index is -0.276. The molecular formula is C14H10F2. The molecule has 0 bridgehead atoms. The minimum absolute atomic E-state index is 0.276. The molecule has 2 aromatic carbocycles. The third-order valence-electron chi connectivity index (χ3n) is 2.17. The van der Waals surface area contributed by atoms with E-state index in [1.165, 1.54) is 24.3 Å². The predicted molar refractivity (Wildman–Crippen MR) is 61.7 cm³/mol. The summed E-state index contributed by atoms with van der Waals surface area (Å²) in [6.07, 6.45) is 3.50. The molecule has 0 aliphatic carbocycles. The van der Waals surface area contributed by atoms with Gasteiger partial charge in [-0.1, -0.05) is 36.4 Å². The van der Waals surface area contributed by atoms with E-state index in [0.29, 0.717) is 0 Å². The van der Waals surface area contributed by atoms with Crippen LogP contribution in [0.5, 0.6) is 0 Å². The van der Waals surface area contributed by atoms with Crippen LogP contribution in [0.1, 0.15) is 11.1 Å². The van der Waals surface area contributed by atoms with Crippen LogP contribution in [0.3, 0.4) is 0 Å². The van der Waals surface area contributed by atoms with Gasteiger partial charge in [-0.15, -0.1) is 0 Å². The van der Waals surface area contributed by atoms with E-state index in [0.717, 1.165) is 11.1 Å². The highest BCUT2D eigenvalue weighted by Gasteiger charge is 1.92. The molecule has 0 unspecified atom stereocenters. The van der Waals surface area contributed by atoms with Gasteiger partial charge in [-0.3, -0.25) is 0 Å². The van der Waals surface area contributed by atoms with Gasteiger partial charge in [0.15, 0.2) is 0 Å². The van der Waals surface area contributed by atoms with Crippen molar-refractivity contribution in [3.8, 4) is 0 Å². The average Bonchev–Trinajstić information content (AvgIpc) is 2.27. The summed E-state index contributed by atoms with van der Waals surface area (Å²) in [7, 11) is 0. The van der Waals surface area contributed by atoms with E-state index in [-0.39, 0.29) is 11.6 Å². The van der Waals surface area contributed by atoms with E-state index >= 15 is 0 Å². The van der Waals surface area contributed by atoms with Gasteiger partial charge < -0.3 is 0 Å². The Kier molecular flexibility index (Phi) is 3.10. The molecule has 0 aromatic heterocycles. The fourth-order valence-electron chi connectivity index (χ4n) is 1.41. The summed E-state index contributed by atoms with van der Waals surface area (Å²) in [6.45, 7) is 0. The van der Waals surface area contributed by atoms with Crippen LogP contribution in [0.4, 0.5) is 8.78 Å². The largest absolute Gasteiger partial charge is 0.207 e. The van der Waals surface area contributed by atoms with Crippen LogP contribution < -0.4 is 0 Å². The van der Waals surface area contributed by atoms with Gasteiger partial charge in [0.2, 0.25) is 0 Å². The summed E-state index contributed by atoms with van der Waals surface area (Å²) in [5.74, 6) is -0.553. The van der Waals surface area contributed by atoms with Gasteiger partial charge in [0.25, 0.3) is 0 Å². The molecule has 16 heavy (non-hydrogen) atoms. The first-order chi connectivity index (χ1) is 7.74. The Morgan fingerprint density at radius 3 is 1.50 bits per heavy atom. The maximum Gasteiger partial charge on any atom is 0.123 e. The lowest BCUT2D eigenvalue weighted by Crippen LogP contribution is -1.77. The Bertz CT molecular complexity index is 468. The molecule has 0 atom stereocenters. The molecule has 80 valence electrons. The molecule has 2 aromatic rings. The Hall–Kier alpha value is -1.96. The molecule has 0 saturated carbocycles. The third kappa shape index (κ3) is 2.76. The van der Waals surface area contributed by atoms with Crippen molar-refractivity contribution >= 4 is 12.2 Å². The zero-order chi connectivity index (χ0) is 11.4. The number of hydrogen-bond acceptors (Lipinski definition) is 0. The first-order valence-electron chi connectivity index (χ1n) is 4.93. The van der Waals surface area contributed by atoms with E-state index < -0.39 is 0 Å². The maximum atomic E-state index is 12.9. The van der Waals surface area contributed by atoms with E-state index in [9.17, 15) is 8.78 Å². The number of halogens is 2. The zero-order valence-corrected chi connectivity index (χ0v) is 8.53. The van der Waals surface area contributed by atoms with Crippen molar-refractivity contribution in [3.05, 3.63) is 71.3 Å². The Balaban J connectivity index is 2.21. The van der Waals surface area contributed by atoms with Gasteiger partial charge in [0.05, 0.1) is 0 Å². The highest BCUT2D eigenvalue weighted by atomic mass is 19.1. The molecule has 0 nitrogen and oxygen atoms in total. The van der Waals surface area contributed by atoms with Gasteiger partial charge in [-0.25, -0.2) is 8.78 Å². The fraction of sp³-hybridized carbons (Fsp3) is 0. The quantitative estimate of drug-likeness (QED) is 0.662. The van der Waals surface area contributed by atoms with Crippen molar-refractivity contribution in [2.75, 3.05) is 0 Å². The topological polar surface area (TPSA) is 0 Å². The van der Waals surface area contributed by atoms with Crippen molar-refractivity contribution in [2.45, 2.75) is 0 Å². The van der Waals surface area contributed by atoms with Crippen LogP contribution in [-0.2, 0) is 0 Å². The average molecular weight is 216 g/mol. The van der Waals surface area contributed by atoms with Crippen LogP contribution in [0.2, 0.25) is 0 Å². The summed E-state index contributed by atoms with van der Waals surface area (Å²) in [4.78, 5) is 0. The molecule has 0 N–H and O–H groups in total. The fourth-order valence-corrected chi connectivity index (χ4v) is 1.41. The van der Waals surface area contributed by atoms with Crippen molar-refractivity contribution < 1.29 is 8.78 Å². The minimum Gasteiger partial charge on any atom is -0.207 e. The van der Waals surface area contributed by atoms with Crippen molar-refractivity contribution in [2.24, 2.45) is 0 Å². The van der Waals surface area contributed by atoms with Gasteiger partial charge >= 0.3 is 0 Å². The monoisotopic (exact) mass is 216 g/mol. The SMILES string of the molecule is Fc1cccc(C=Cc2cccc(F)c2)c1. The second-order valence-electron chi connectivity index (χ2n) is 3.44. The van der Waals surface area contributed by atoms with Crippen molar-refractivity contribution in [1.82, 2.24) is 0 Å². The van der Waals surface area contributed by atoms with E-state index in [2.05, 4.69) is 0 Å². The maximum absolute atomic E-state index is 12.9. The molecule has 0 fully saturated rings. The summed E-state index contributed by atoms with van der Waals surface area (Å²) >= 11 is 0. The second kappa shape index (κ2) is 4.71. The lowest BCUT2D eigenvalue weighted by Gasteiger charge is -1.95. The number of benzene rings is 2. The van der Waals surface area contributed by atoms with Crippen LogP contribution >= 0.6 is 0 Å². The van der Waals surface area contributed by atoms with Crippen LogP contribution in [0.15, 0.2) is 48.5 Å². The van der Waals surface area contributed by atoms with Crippen LogP contribution in [0.25, 0.3) is 12.2 Å². The van der Waals surface area contributed by atoms with E-state index in [1.54, 1.807) is 36.4 Å². The lowest BCUT2D eigenvalue weighted by molar-refractivity contribution is 0.627. The third-order valence-corrected chi connectivity index (χ3v) is 2.17. The van der Waals surface area contributed by atoms with Gasteiger partial charge in [-0.2, -0.15) is 0 Å². The van der Waals surface area contributed by atoms with E-state index in [4.69, 9.17) is 0 Å². The standard InChI is InChI=1S/C14H10F2/c15-13-5-1-3-11(9-13)7-8-12-4-2-6-14(16)10-12/h1-10H. The van der Waals surface area contributed by atoms with E-state index in [1.807, 2.05) is 0 Å². The molecule has 0 amide bonds. The normalized spacial score (nSPS) is 10.9. The van der Waals surface area contributed by atoms with Gasteiger partial charge in [0.1, 0.15) is 11.6 Å².